The quantitative estimate of drug-likeness (QED) is 0.511. The third kappa shape index (κ3) is 4.58. The Hall–Kier alpha value is -1.82. The smallest absolute Gasteiger partial charge is 0.242 e. The lowest BCUT2D eigenvalue weighted by molar-refractivity contribution is 0.149. The number of nitrogens with two attached hydrogens (primary N) is 1. The van der Waals surface area contributed by atoms with E-state index in [1.165, 1.54) is 6.33 Å². The lowest BCUT2D eigenvalue weighted by Crippen LogP contribution is -2.13. The van der Waals surface area contributed by atoms with Crippen LogP contribution in [0.1, 0.15) is 13.3 Å². The molecule has 1 aromatic heterocycles. The van der Waals surface area contributed by atoms with Crippen molar-refractivity contribution in [1.29, 1.82) is 0 Å². The molecule has 0 radical (unpaired) electrons. The Morgan fingerprint density at radius 2 is 2.28 bits per heavy atom. The highest BCUT2D eigenvalue weighted by Crippen LogP contribution is 2.23. The van der Waals surface area contributed by atoms with Crippen LogP contribution in [0.4, 0.5) is 11.5 Å². The van der Waals surface area contributed by atoms with E-state index in [-0.39, 0.29) is 0 Å². The van der Waals surface area contributed by atoms with Gasteiger partial charge in [-0.05, 0) is 13.3 Å². The van der Waals surface area contributed by atoms with E-state index in [4.69, 9.17) is 15.2 Å². The van der Waals surface area contributed by atoms with E-state index < -0.39 is 0 Å². The van der Waals surface area contributed by atoms with Gasteiger partial charge in [0.1, 0.15) is 12.0 Å². The van der Waals surface area contributed by atoms with E-state index in [2.05, 4.69) is 21.9 Å². The maximum atomic E-state index is 5.87. The van der Waals surface area contributed by atoms with Gasteiger partial charge in [0.05, 0.1) is 19.8 Å². The molecule has 0 saturated heterocycles. The Labute approximate surface area is 107 Å². The van der Waals surface area contributed by atoms with Crippen LogP contribution in [0.25, 0.3) is 0 Å². The molecule has 0 saturated carbocycles. The molecule has 0 aromatic carbocycles. The van der Waals surface area contributed by atoms with Crippen LogP contribution in [0.3, 0.4) is 0 Å². The Balaban J connectivity index is 2.37. The molecule has 0 aliphatic carbocycles. The minimum absolute atomic E-state index is 0.405. The van der Waals surface area contributed by atoms with Crippen LogP contribution in [-0.4, -0.2) is 36.3 Å². The Morgan fingerprint density at radius 3 is 3.00 bits per heavy atom. The number of anilines is 2. The molecule has 1 rings (SSSR count). The lowest BCUT2D eigenvalue weighted by Gasteiger charge is -2.10. The minimum Gasteiger partial charge on any atom is -0.476 e. The van der Waals surface area contributed by atoms with Crippen LogP contribution in [-0.2, 0) is 4.74 Å². The van der Waals surface area contributed by atoms with E-state index in [1.54, 1.807) is 0 Å². The highest BCUT2D eigenvalue weighted by molar-refractivity contribution is 5.66. The van der Waals surface area contributed by atoms with Gasteiger partial charge < -0.3 is 20.5 Å². The molecule has 0 amide bonds. The summed E-state index contributed by atoms with van der Waals surface area (Å²) in [5.41, 5.74) is 6.29. The van der Waals surface area contributed by atoms with E-state index in [1.807, 2.05) is 13.0 Å². The zero-order valence-corrected chi connectivity index (χ0v) is 10.7. The first kappa shape index (κ1) is 14.2. The molecule has 6 nitrogen and oxygen atoms in total. The number of hydrogen-bond donors (Lipinski definition) is 2. The zero-order chi connectivity index (χ0) is 13.2. The van der Waals surface area contributed by atoms with E-state index in [0.717, 1.165) is 6.42 Å². The summed E-state index contributed by atoms with van der Waals surface area (Å²) >= 11 is 0. The van der Waals surface area contributed by atoms with E-state index in [9.17, 15) is 0 Å². The summed E-state index contributed by atoms with van der Waals surface area (Å²) in [6, 6.07) is 0. The summed E-state index contributed by atoms with van der Waals surface area (Å²) in [6.07, 6.45) is 4.09. The second-order valence-corrected chi connectivity index (χ2v) is 3.49. The summed E-state index contributed by atoms with van der Waals surface area (Å²) in [4.78, 5) is 8.01. The van der Waals surface area contributed by atoms with Crippen molar-refractivity contribution in [3.8, 4) is 5.88 Å². The second kappa shape index (κ2) is 8.30. The second-order valence-electron chi connectivity index (χ2n) is 3.49. The van der Waals surface area contributed by atoms with E-state index in [0.29, 0.717) is 43.8 Å². The number of nitrogens with zero attached hydrogens (tertiary/aromatic N) is 2. The van der Waals surface area contributed by atoms with Crippen LogP contribution in [0, 0.1) is 0 Å². The molecular weight excluding hydrogens is 232 g/mol. The van der Waals surface area contributed by atoms with Crippen LogP contribution >= 0.6 is 0 Å². The molecule has 0 unspecified atom stereocenters. The number of hydrogen-bond acceptors (Lipinski definition) is 6. The third-order valence-corrected chi connectivity index (χ3v) is 2.13. The lowest BCUT2D eigenvalue weighted by atomic mass is 10.4. The zero-order valence-electron chi connectivity index (χ0n) is 10.7. The molecule has 1 aromatic rings. The fourth-order valence-corrected chi connectivity index (χ4v) is 1.28. The van der Waals surface area contributed by atoms with Gasteiger partial charge in [-0.15, -0.1) is 6.58 Å². The van der Waals surface area contributed by atoms with Gasteiger partial charge in [0.15, 0.2) is 5.82 Å². The van der Waals surface area contributed by atoms with Crippen LogP contribution in [0.2, 0.25) is 0 Å². The Bertz CT molecular complexity index is 371. The fourth-order valence-electron chi connectivity index (χ4n) is 1.28. The first-order valence-electron chi connectivity index (χ1n) is 5.95. The van der Waals surface area contributed by atoms with Gasteiger partial charge in [0, 0.05) is 6.54 Å². The summed E-state index contributed by atoms with van der Waals surface area (Å²) in [7, 11) is 0. The largest absolute Gasteiger partial charge is 0.476 e. The molecule has 0 spiro atoms. The van der Waals surface area contributed by atoms with Crippen molar-refractivity contribution in [3.63, 3.8) is 0 Å². The topological polar surface area (TPSA) is 82.3 Å². The number of aromatic nitrogens is 2. The number of nitrogens with one attached hydrogen (secondary N) is 1. The average molecular weight is 252 g/mol. The summed E-state index contributed by atoms with van der Waals surface area (Å²) in [5, 5.41) is 3.08. The monoisotopic (exact) mass is 252 g/mol. The third-order valence-electron chi connectivity index (χ3n) is 2.13. The van der Waals surface area contributed by atoms with Crippen molar-refractivity contribution in [2.45, 2.75) is 13.3 Å². The summed E-state index contributed by atoms with van der Waals surface area (Å²) < 4.78 is 10.6. The standard InChI is InChI=1S/C12H20N4O2/c1-3-5-7-17-8-6-14-11-10(13)12(18-4-2)16-9-15-11/h3,9H,1,4-8,13H2,2H3,(H,14,15,16). The molecule has 3 N–H and O–H groups in total. The highest BCUT2D eigenvalue weighted by atomic mass is 16.5. The first-order valence-corrected chi connectivity index (χ1v) is 5.95. The van der Waals surface area contributed by atoms with Crippen molar-refractivity contribution in [3.05, 3.63) is 19.0 Å². The van der Waals surface area contributed by atoms with Crippen LogP contribution in [0.15, 0.2) is 19.0 Å². The molecule has 0 fully saturated rings. The highest BCUT2D eigenvalue weighted by Gasteiger charge is 2.07. The summed E-state index contributed by atoms with van der Waals surface area (Å²) in [6.45, 7) is 7.91. The predicted molar refractivity (Wildman–Crippen MR) is 71.7 cm³/mol. The van der Waals surface area contributed by atoms with Crippen molar-refractivity contribution >= 4 is 11.5 Å². The van der Waals surface area contributed by atoms with Crippen LogP contribution in [0.5, 0.6) is 5.88 Å². The predicted octanol–water partition coefficient (Wildman–Crippen LogP) is 1.46. The molecule has 1 heterocycles. The molecule has 0 bridgehead atoms. The van der Waals surface area contributed by atoms with Gasteiger partial charge >= 0.3 is 0 Å². The van der Waals surface area contributed by atoms with E-state index >= 15 is 0 Å². The molecule has 6 heteroatoms. The summed E-state index contributed by atoms with van der Waals surface area (Å²) in [5.74, 6) is 0.975. The molecule has 18 heavy (non-hydrogen) atoms. The van der Waals surface area contributed by atoms with Gasteiger partial charge in [-0.1, -0.05) is 6.08 Å². The van der Waals surface area contributed by atoms with Crippen LogP contribution < -0.4 is 15.8 Å². The fraction of sp³-hybridized carbons (Fsp3) is 0.500. The minimum atomic E-state index is 0.405. The van der Waals surface area contributed by atoms with Crippen molar-refractivity contribution < 1.29 is 9.47 Å². The molecule has 0 atom stereocenters. The average Bonchev–Trinajstić information content (AvgIpc) is 2.38. The Kier molecular flexibility index (Phi) is 6.56. The van der Waals surface area contributed by atoms with Crippen molar-refractivity contribution in [1.82, 2.24) is 9.97 Å². The van der Waals surface area contributed by atoms with Crippen molar-refractivity contribution in [2.24, 2.45) is 0 Å². The van der Waals surface area contributed by atoms with Gasteiger partial charge in [0.2, 0.25) is 5.88 Å². The van der Waals surface area contributed by atoms with Crippen molar-refractivity contribution in [2.75, 3.05) is 37.4 Å². The van der Waals surface area contributed by atoms with Gasteiger partial charge in [-0.2, -0.15) is 4.98 Å². The maximum Gasteiger partial charge on any atom is 0.242 e. The normalized spacial score (nSPS) is 10.1. The van der Waals surface area contributed by atoms with Gasteiger partial charge in [-0.3, -0.25) is 0 Å². The Morgan fingerprint density at radius 1 is 1.44 bits per heavy atom. The first-order chi connectivity index (χ1) is 8.79. The maximum absolute atomic E-state index is 5.87. The van der Waals surface area contributed by atoms with Gasteiger partial charge in [-0.25, -0.2) is 4.98 Å². The molecule has 0 aliphatic heterocycles. The number of rotatable bonds is 9. The number of nitrogen functional groups attached to an aromatic ring is 1. The number of ether oxygens (including phenoxy) is 2. The molecule has 100 valence electrons. The molecular formula is C12H20N4O2. The molecule has 0 aliphatic rings. The SMILES string of the molecule is C=CCCOCCNc1ncnc(OCC)c1N. The van der Waals surface area contributed by atoms with Gasteiger partial charge in [0.25, 0.3) is 0 Å².